The van der Waals surface area contributed by atoms with Crippen LogP contribution < -0.4 is 5.56 Å². The van der Waals surface area contributed by atoms with Gasteiger partial charge in [0.15, 0.2) is 0 Å². The summed E-state index contributed by atoms with van der Waals surface area (Å²) in [6.07, 6.45) is 15.8. The second-order valence-corrected chi connectivity index (χ2v) is 7.46. The lowest BCUT2D eigenvalue weighted by atomic mass is 9.87. The van der Waals surface area contributed by atoms with Crippen LogP contribution >= 0.6 is 11.8 Å². The van der Waals surface area contributed by atoms with Gasteiger partial charge in [-0.2, -0.15) is 9.78 Å². The molecular formula is C17H26N4OS. The van der Waals surface area contributed by atoms with Crippen LogP contribution in [0.1, 0.15) is 75.8 Å². The fraction of sp³-hybridized carbons (Fsp3) is 0.765. The van der Waals surface area contributed by atoms with Gasteiger partial charge < -0.3 is 0 Å². The van der Waals surface area contributed by atoms with Crippen LogP contribution in [0.15, 0.2) is 15.1 Å². The van der Waals surface area contributed by atoms with Crippen molar-refractivity contribution in [3.05, 3.63) is 16.0 Å². The monoisotopic (exact) mass is 334 g/mol. The lowest BCUT2D eigenvalue weighted by Crippen LogP contribution is -2.28. The van der Waals surface area contributed by atoms with Crippen LogP contribution in [0, 0.1) is 5.92 Å². The first-order chi connectivity index (χ1) is 11.3. The first-order valence-corrected chi connectivity index (χ1v) is 10.1. The summed E-state index contributed by atoms with van der Waals surface area (Å²) in [7, 11) is 0. The van der Waals surface area contributed by atoms with Gasteiger partial charge in [0.1, 0.15) is 5.69 Å². The third-order valence-corrected chi connectivity index (χ3v) is 5.67. The molecule has 1 aromatic rings. The van der Waals surface area contributed by atoms with Crippen LogP contribution in [0.5, 0.6) is 0 Å². The average molecular weight is 334 g/mol. The zero-order chi connectivity index (χ0) is 16.1. The van der Waals surface area contributed by atoms with Crippen LogP contribution in [0.4, 0.5) is 0 Å². The predicted octanol–water partition coefficient (Wildman–Crippen LogP) is 3.82. The molecule has 6 heteroatoms. The molecule has 1 heterocycles. The Kier molecular flexibility index (Phi) is 5.86. The van der Waals surface area contributed by atoms with E-state index in [1.165, 1.54) is 67.8 Å². The third-order valence-electron chi connectivity index (χ3n) is 5.05. The summed E-state index contributed by atoms with van der Waals surface area (Å²) >= 11 is 1.43. The average Bonchev–Trinajstić information content (AvgIpc) is 2.62. The Morgan fingerprint density at radius 1 is 1.04 bits per heavy atom. The van der Waals surface area contributed by atoms with Gasteiger partial charge in [-0.05, 0) is 37.9 Å². The molecule has 0 atom stereocenters. The summed E-state index contributed by atoms with van der Waals surface area (Å²) in [5, 5.41) is 13.6. The Morgan fingerprint density at radius 2 is 1.70 bits per heavy atom. The molecule has 0 radical (unpaired) electrons. The van der Waals surface area contributed by atoms with Gasteiger partial charge >= 0.3 is 0 Å². The highest BCUT2D eigenvalue weighted by Crippen LogP contribution is 2.30. The van der Waals surface area contributed by atoms with Gasteiger partial charge in [0, 0.05) is 12.1 Å². The summed E-state index contributed by atoms with van der Waals surface area (Å²) in [5.74, 6) is 0.757. The molecule has 2 aliphatic carbocycles. The Morgan fingerprint density at radius 3 is 2.35 bits per heavy atom. The Balaban J connectivity index is 1.87. The highest BCUT2D eigenvalue weighted by Gasteiger charge is 2.23. The minimum atomic E-state index is -0.0664. The Bertz CT molecular complexity index is 601. The van der Waals surface area contributed by atoms with Crippen LogP contribution in [0.3, 0.4) is 0 Å². The van der Waals surface area contributed by atoms with Crippen LogP contribution in [-0.2, 0) is 0 Å². The summed E-state index contributed by atoms with van der Waals surface area (Å²) in [5.41, 5.74) is 0.548. The molecule has 0 amide bonds. The van der Waals surface area contributed by atoms with Crippen molar-refractivity contribution < 1.29 is 0 Å². The fourth-order valence-corrected chi connectivity index (χ4v) is 4.11. The number of aromatic nitrogens is 3. The lowest BCUT2D eigenvalue weighted by molar-refractivity contribution is 0.421. The fourth-order valence-electron chi connectivity index (χ4n) is 3.68. The van der Waals surface area contributed by atoms with E-state index in [1.807, 2.05) is 12.5 Å². The zero-order valence-electron chi connectivity index (χ0n) is 13.9. The number of thioether (sulfide) groups is 1. The highest BCUT2D eigenvalue weighted by atomic mass is 32.2. The maximum absolute atomic E-state index is 12.9. The topological polar surface area (TPSA) is 60.1 Å². The van der Waals surface area contributed by atoms with Crippen molar-refractivity contribution in [3.63, 3.8) is 0 Å². The molecule has 2 fully saturated rings. The number of nitrogens with zero attached hydrogens (tertiary/aromatic N) is 4. The molecule has 0 unspecified atom stereocenters. The molecule has 1 aromatic heterocycles. The first kappa shape index (κ1) is 16.7. The van der Waals surface area contributed by atoms with Crippen molar-refractivity contribution in [1.82, 2.24) is 14.9 Å². The van der Waals surface area contributed by atoms with Gasteiger partial charge in [-0.15, -0.1) is 10.2 Å². The normalized spacial score (nSPS) is 21.1. The summed E-state index contributed by atoms with van der Waals surface area (Å²) in [6.45, 7) is 0. The summed E-state index contributed by atoms with van der Waals surface area (Å²) in [4.78, 5) is 12.9. The third kappa shape index (κ3) is 4.03. The van der Waals surface area contributed by atoms with E-state index in [4.69, 9.17) is 0 Å². The number of hydrogen-bond donors (Lipinski definition) is 0. The van der Waals surface area contributed by atoms with Gasteiger partial charge in [-0.3, -0.25) is 4.79 Å². The smallest absolute Gasteiger partial charge is 0.265 e. The van der Waals surface area contributed by atoms with E-state index in [1.54, 1.807) is 0 Å². The molecule has 0 saturated heterocycles. The van der Waals surface area contributed by atoms with E-state index in [-0.39, 0.29) is 11.5 Å². The van der Waals surface area contributed by atoms with Crippen molar-refractivity contribution in [2.75, 3.05) is 6.26 Å². The molecule has 2 aliphatic rings. The summed E-state index contributed by atoms with van der Waals surface area (Å²) in [6, 6.07) is 0. The van der Waals surface area contributed by atoms with Crippen molar-refractivity contribution >= 4 is 18.0 Å². The molecule has 2 saturated carbocycles. The van der Waals surface area contributed by atoms with E-state index < -0.39 is 0 Å². The Hall–Kier alpha value is -1.17. The molecule has 126 valence electrons. The maximum Gasteiger partial charge on any atom is 0.297 e. The molecule has 0 N–H and O–H groups in total. The Labute approximate surface area is 142 Å². The van der Waals surface area contributed by atoms with Crippen LogP contribution in [-0.4, -0.2) is 27.3 Å². The SMILES string of the molecule is CSc1nnc(C2CCCCC2)c(=O)n1/N=C/C1CCCCC1. The standard InChI is InChI=1S/C17H26N4OS/c1-23-17-20-19-15(14-10-6-3-7-11-14)16(22)21(17)18-12-13-8-4-2-5-9-13/h12-14H,2-11H2,1H3/b18-12+. The second-order valence-electron chi connectivity index (χ2n) is 6.69. The van der Waals surface area contributed by atoms with Gasteiger partial charge in [-0.1, -0.05) is 50.3 Å². The minimum Gasteiger partial charge on any atom is -0.265 e. The van der Waals surface area contributed by atoms with E-state index in [2.05, 4.69) is 15.3 Å². The first-order valence-electron chi connectivity index (χ1n) is 8.87. The maximum atomic E-state index is 12.9. The molecular weight excluding hydrogens is 308 g/mol. The van der Waals surface area contributed by atoms with E-state index in [0.29, 0.717) is 16.8 Å². The highest BCUT2D eigenvalue weighted by molar-refractivity contribution is 7.98. The van der Waals surface area contributed by atoms with Crippen molar-refractivity contribution in [2.45, 2.75) is 75.3 Å². The largest absolute Gasteiger partial charge is 0.297 e. The molecule has 5 nitrogen and oxygen atoms in total. The van der Waals surface area contributed by atoms with Crippen molar-refractivity contribution in [3.8, 4) is 0 Å². The molecule has 3 rings (SSSR count). The molecule has 0 bridgehead atoms. The van der Waals surface area contributed by atoms with Crippen molar-refractivity contribution in [1.29, 1.82) is 0 Å². The van der Waals surface area contributed by atoms with Crippen molar-refractivity contribution in [2.24, 2.45) is 11.0 Å². The molecule has 23 heavy (non-hydrogen) atoms. The number of rotatable bonds is 4. The molecule has 0 spiro atoms. The predicted molar refractivity (Wildman–Crippen MR) is 94.4 cm³/mol. The van der Waals surface area contributed by atoms with Crippen LogP contribution in [0.2, 0.25) is 0 Å². The molecule has 0 aromatic carbocycles. The number of hydrogen-bond acceptors (Lipinski definition) is 5. The van der Waals surface area contributed by atoms with Gasteiger partial charge in [0.25, 0.3) is 5.56 Å². The zero-order valence-corrected chi connectivity index (χ0v) is 14.7. The quantitative estimate of drug-likeness (QED) is 0.620. The van der Waals surface area contributed by atoms with E-state index >= 15 is 0 Å². The second kappa shape index (κ2) is 8.08. The molecule has 0 aliphatic heterocycles. The van der Waals surface area contributed by atoms with Crippen LogP contribution in [0.25, 0.3) is 0 Å². The summed E-state index contributed by atoms with van der Waals surface area (Å²) < 4.78 is 1.48. The lowest BCUT2D eigenvalue weighted by Gasteiger charge is -2.20. The van der Waals surface area contributed by atoms with Gasteiger partial charge in [0.2, 0.25) is 5.16 Å². The minimum absolute atomic E-state index is 0.0664. The van der Waals surface area contributed by atoms with E-state index in [9.17, 15) is 4.79 Å². The van der Waals surface area contributed by atoms with Gasteiger partial charge in [-0.25, -0.2) is 0 Å². The van der Waals surface area contributed by atoms with Gasteiger partial charge in [0.05, 0.1) is 0 Å². The van der Waals surface area contributed by atoms with E-state index in [0.717, 1.165) is 12.8 Å².